The minimum absolute atomic E-state index is 0.0584. The van der Waals surface area contributed by atoms with Crippen molar-refractivity contribution in [2.75, 3.05) is 4.90 Å². The highest BCUT2D eigenvalue weighted by Gasteiger charge is 2.46. The lowest BCUT2D eigenvalue weighted by Crippen LogP contribution is -2.52. The molecule has 5 nitrogen and oxygen atoms in total. The van der Waals surface area contributed by atoms with Gasteiger partial charge in [-0.3, -0.25) is 5.32 Å². The van der Waals surface area contributed by atoms with E-state index in [2.05, 4.69) is 155 Å². The standard InChI is InChI=1S/C39H30N4O/c1-3-12-25(13-4-1)27-16-11-17-28(24-27)38-40-37(26-14-5-2-6-15-26)41-39(42-38)43-33-20-9-7-18-29(33)31-22-23-32-30-19-8-10-21-34(30)44-36(32)35(31)43/h1-24,31,35,37-38,40H,(H,41,42). The molecular formula is C39H30N4O. The Balaban J connectivity index is 1.20. The number of nitrogens with one attached hydrogen (secondary N) is 2. The van der Waals surface area contributed by atoms with E-state index in [1.54, 1.807) is 0 Å². The molecular weight excluding hydrogens is 540 g/mol. The molecule has 9 rings (SSSR count). The molecule has 0 saturated heterocycles. The normalized spacial score (nSPS) is 21.7. The third-order valence-electron chi connectivity index (χ3n) is 9.10. The van der Waals surface area contributed by atoms with Crippen LogP contribution in [0.5, 0.6) is 0 Å². The lowest BCUT2D eigenvalue weighted by atomic mass is 9.86. The number of furan rings is 1. The highest BCUT2D eigenvalue weighted by atomic mass is 16.3. The van der Waals surface area contributed by atoms with Gasteiger partial charge >= 0.3 is 0 Å². The van der Waals surface area contributed by atoms with Crippen molar-refractivity contribution in [3.05, 3.63) is 168 Å². The summed E-state index contributed by atoms with van der Waals surface area (Å²) in [7, 11) is 0. The third kappa shape index (κ3) is 4.01. The van der Waals surface area contributed by atoms with Gasteiger partial charge in [-0.15, -0.1) is 0 Å². The first-order valence-electron chi connectivity index (χ1n) is 15.2. The first-order valence-corrected chi connectivity index (χ1v) is 15.2. The van der Waals surface area contributed by atoms with Gasteiger partial charge in [0.05, 0.1) is 0 Å². The molecule has 0 radical (unpaired) electrons. The fraction of sp³-hybridized carbons (Fsp3) is 0.103. The van der Waals surface area contributed by atoms with E-state index in [-0.39, 0.29) is 24.3 Å². The van der Waals surface area contributed by atoms with Crippen LogP contribution in [0.1, 0.15) is 52.3 Å². The van der Waals surface area contributed by atoms with Crippen molar-refractivity contribution in [2.45, 2.75) is 24.3 Å². The van der Waals surface area contributed by atoms with Crippen molar-refractivity contribution in [3.8, 4) is 11.1 Å². The molecule has 2 N–H and O–H groups in total. The maximum absolute atomic E-state index is 6.65. The largest absolute Gasteiger partial charge is 0.458 e. The summed E-state index contributed by atoms with van der Waals surface area (Å²) in [6.45, 7) is 0. The predicted octanol–water partition coefficient (Wildman–Crippen LogP) is 8.72. The van der Waals surface area contributed by atoms with Crippen molar-refractivity contribution in [1.29, 1.82) is 0 Å². The summed E-state index contributed by atoms with van der Waals surface area (Å²) < 4.78 is 6.65. The van der Waals surface area contributed by atoms with Gasteiger partial charge in [0.25, 0.3) is 0 Å². The molecule has 212 valence electrons. The van der Waals surface area contributed by atoms with E-state index in [1.807, 2.05) is 6.07 Å². The Labute approximate surface area is 256 Å². The molecule has 5 heteroatoms. The van der Waals surface area contributed by atoms with E-state index in [0.29, 0.717) is 0 Å². The van der Waals surface area contributed by atoms with E-state index >= 15 is 0 Å². The van der Waals surface area contributed by atoms with Gasteiger partial charge in [0, 0.05) is 22.6 Å². The molecule has 0 saturated carbocycles. The molecule has 0 fully saturated rings. The van der Waals surface area contributed by atoms with E-state index in [0.717, 1.165) is 45.1 Å². The number of fused-ring (bicyclic) bond motifs is 7. The maximum atomic E-state index is 6.65. The Morgan fingerprint density at radius 1 is 0.682 bits per heavy atom. The topological polar surface area (TPSA) is 52.8 Å². The summed E-state index contributed by atoms with van der Waals surface area (Å²) in [5.41, 5.74) is 9.13. The minimum atomic E-state index is -0.263. The number of hydrogen-bond donors (Lipinski definition) is 2. The summed E-state index contributed by atoms with van der Waals surface area (Å²) in [5.74, 6) is 1.96. The Bertz CT molecular complexity index is 2060. The van der Waals surface area contributed by atoms with Gasteiger partial charge in [-0.2, -0.15) is 0 Å². The average molecular weight is 571 g/mol. The molecule has 3 heterocycles. The highest BCUT2D eigenvalue weighted by Crippen LogP contribution is 2.54. The molecule has 1 aromatic heterocycles. The van der Waals surface area contributed by atoms with Crippen molar-refractivity contribution in [1.82, 2.24) is 10.6 Å². The van der Waals surface area contributed by atoms with Crippen molar-refractivity contribution >= 4 is 28.7 Å². The molecule has 5 aromatic carbocycles. The average Bonchev–Trinajstić information content (AvgIpc) is 3.65. The zero-order valence-corrected chi connectivity index (χ0v) is 24.0. The van der Waals surface area contributed by atoms with Gasteiger partial charge in [-0.1, -0.05) is 127 Å². The second kappa shape index (κ2) is 10.1. The summed E-state index contributed by atoms with van der Waals surface area (Å²) in [6.07, 6.45) is 4.17. The smallest absolute Gasteiger partial charge is 0.202 e. The number of nitrogens with zero attached hydrogens (tertiary/aromatic N) is 2. The molecule has 0 spiro atoms. The number of benzene rings is 5. The van der Waals surface area contributed by atoms with Crippen LogP contribution < -0.4 is 15.5 Å². The van der Waals surface area contributed by atoms with Gasteiger partial charge < -0.3 is 14.6 Å². The molecule has 4 unspecified atom stereocenters. The quantitative estimate of drug-likeness (QED) is 0.223. The fourth-order valence-corrected chi connectivity index (χ4v) is 7.05. The predicted molar refractivity (Wildman–Crippen MR) is 177 cm³/mol. The van der Waals surface area contributed by atoms with Crippen LogP contribution in [-0.4, -0.2) is 5.96 Å². The summed E-state index contributed by atoms with van der Waals surface area (Å²) in [6, 6.07) is 46.7. The Morgan fingerprint density at radius 2 is 1.41 bits per heavy atom. The highest BCUT2D eigenvalue weighted by molar-refractivity contribution is 6.02. The number of para-hydroxylation sites is 2. The summed E-state index contributed by atoms with van der Waals surface area (Å²) >= 11 is 0. The van der Waals surface area contributed by atoms with Gasteiger partial charge in [0.2, 0.25) is 5.96 Å². The SMILES string of the molecule is C1=CC2c3ccccc3N(C3=NC(c4cccc(-c5ccccc5)c4)NC(c4ccccc4)N3)C2c2oc3ccccc3c21. The van der Waals surface area contributed by atoms with Crippen LogP contribution in [0.15, 0.2) is 149 Å². The fourth-order valence-electron chi connectivity index (χ4n) is 7.05. The molecule has 6 aromatic rings. The summed E-state index contributed by atoms with van der Waals surface area (Å²) in [4.78, 5) is 7.79. The van der Waals surface area contributed by atoms with Crippen LogP contribution in [0.25, 0.3) is 28.2 Å². The molecule has 44 heavy (non-hydrogen) atoms. The van der Waals surface area contributed by atoms with Crippen LogP contribution in [0.4, 0.5) is 5.69 Å². The van der Waals surface area contributed by atoms with Crippen molar-refractivity contribution < 1.29 is 4.42 Å². The van der Waals surface area contributed by atoms with Gasteiger partial charge in [-0.05, 0) is 46.0 Å². The number of hydrogen-bond acceptors (Lipinski definition) is 5. The zero-order valence-electron chi connectivity index (χ0n) is 24.0. The Morgan fingerprint density at radius 3 is 2.30 bits per heavy atom. The third-order valence-corrected chi connectivity index (χ3v) is 9.10. The lowest BCUT2D eigenvalue weighted by Gasteiger charge is -2.38. The maximum Gasteiger partial charge on any atom is 0.202 e. The second-order valence-electron chi connectivity index (χ2n) is 11.6. The van der Waals surface area contributed by atoms with Crippen molar-refractivity contribution in [2.24, 2.45) is 4.99 Å². The molecule has 0 bridgehead atoms. The van der Waals surface area contributed by atoms with E-state index < -0.39 is 0 Å². The first kappa shape index (κ1) is 25.1. The zero-order chi connectivity index (χ0) is 29.0. The molecule has 4 atom stereocenters. The van der Waals surface area contributed by atoms with Gasteiger partial charge in [0.15, 0.2) is 0 Å². The monoisotopic (exact) mass is 570 g/mol. The molecule has 0 amide bonds. The van der Waals surface area contributed by atoms with Crippen molar-refractivity contribution in [3.63, 3.8) is 0 Å². The molecule has 3 aliphatic rings. The van der Waals surface area contributed by atoms with E-state index in [1.165, 1.54) is 16.7 Å². The first-order chi connectivity index (χ1) is 21.8. The summed E-state index contributed by atoms with van der Waals surface area (Å²) in [5, 5.41) is 8.73. The number of rotatable bonds is 3. The number of anilines is 1. The van der Waals surface area contributed by atoms with Crippen LogP contribution in [0.3, 0.4) is 0 Å². The number of aliphatic imine (C=N–C) groups is 1. The van der Waals surface area contributed by atoms with E-state index in [4.69, 9.17) is 9.41 Å². The minimum Gasteiger partial charge on any atom is -0.458 e. The molecule has 2 aliphatic heterocycles. The van der Waals surface area contributed by atoms with Gasteiger partial charge in [0.1, 0.15) is 29.7 Å². The molecule has 1 aliphatic carbocycles. The van der Waals surface area contributed by atoms with Crippen LogP contribution in [0.2, 0.25) is 0 Å². The Kier molecular flexibility index (Phi) is 5.78. The van der Waals surface area contributed by atoms with Gasteiger partial charge in [-0.25, -0.2) is 4.99 Å². The Hall–Kier alpha value is -5.39. The lowest BCUT2D eigenvalue weighted by molar-refractivity contribution is 0.398. The van der Waals surface area contributed by atoms with Crippen LogP contribution in [-0.2, 0) is 0 Å². The van der Waals surface area contributed by atoms with Crippen LogP contribution in [0, 0.1) is 0 Å². The second-order valence-corrected chi connectivity index (χ2v) is 11.6. The number of guanidine groups is 1. The van der Waals surface area contributed by atoms with E-state index in [9.17, 15) is 0 Å². The van der Waals surface area contributed by atoms with Crippen LogP contribution >= 0.6 is 0 Å².